The van der Waals surface area contributed by atoms with Crippen molar-refractivity contribution in [3.63, 3.8) is 0 Å². The van der Waals surface area contributed by atoms with E-state index in [0.29, 0.717) is 44.3 Å². The lowest BCUT2D eigenvalue weighted by Crippen LogP contribution is -2.49. The summed E-state index contributed by atoms with van der Waals surface area (Å²) in [5.41, 5.74) is 3.32. The van der Waals surface area contributed by atoms with Gasteiger partial charge in [0, 0.05) is 44.3 Å². The summed E-state index contributed by atoms with van der Waals surface area (Å²) in [5, 5.41) is 2.88. The van der Waals surface area contributed by atoms with Gasteiger partial charge in [-0.15, -0.1) is 0 Å². The predicted molar refractivity (Wildman–Crippen MR) is 107 cm³/mol. The fraction of sp³-hybridized carbons (Fsp3) is 0.400. The smallest absolute Gasteiger partial charge is 0.409 e. The molecule has 148 valence electrons. The van der Waals surface area contributed by atoms with Gasteiger partial charge in [-0.3, -0.25) is 4.79 Å². The van der Waals surface area contributed by atoms with Gasteiger partial charge in [-0.05, 0) is 44.0 Å². The van der Waals surface area contributed by atoms with Crippen LogP contribution in [0, 0.1) is 13.8 Å². The minimum absolute atomic E-state index is 0.247. The first kappa shape index (κ1) is 19.6. The molecule has 1 N–H and O–H groups in total. The van der Waals surface area contributed by atoms with Gasteiger partial charge in [0.1, 0.15) is 0 Å². The molecule has 1 aliphatic rings. The monoisotopic (exact) mass is 383 g/mol. The highest BCUT2D eigenvalue weighted by atomic mass is 16.6. The highest BCUT2D eigenvalue weighted by molar-refractivity contribution is 6.04. The van der Waals surface area contributed by atoms with Crippen LogP contribution in [0.4, 0.5) is 16.4 Å². The second kappa shape index (κ2) is 8.69. The zero-order valence-electron chi connectivity index (χ0n) is 16.4. The Morgan fingerprint density at radius 1 is 1.04 bits per heavy atom. The third-order valence-electron chi connectivity index (χ3n) is 4.47. The summed E-state index contributed by atoms with van der Waals surface area (Å²) in [6.45, 7) is 8.48. The van der Waals surface area contributed by atoms with E-state index in [1.54, 1.807) is 11.8 Å². The normalized spacial score (nSPS) is 14.0. The molecular formula is C20H25N5O3. The van der Waals surface area contributed by atoms with Gasteiger partial charge in [0.15, 0.2) is 0 Å². The van der Waals surface area contributed by atoms with Gasteiger partial charge in [-0.2, -0.15) is 0 Å². The molecule has 1 aliphatic heterocycles. The van der Waals surface area contributed by atoms with E-state index in [-0.39, 0.29) is 12.0 Å². The first-order valence-electron chi connectivity index (χ1n) is 9.34. The van der Waals surface area contributed by atoms with E-state index in [1.165, 1.54) is 12.4 Å². The van der Waals surface area contributed by atoms with Crippen LogP contribution in [0.2, 0.25) is 0 Å². The largest absolute Gasteiger partial charge is 0.450 e. The van der Waals surface area contributed by atoms with Crippen molar-refractivity contribution in [3.8, 4) is 0 Å². The number of benzene rings is 1. The van der Waals surface area contributed by atoms with Crippen molar-refractivity contribution in [2.24, 2.45) is 0 Å². The molecule has 8 heteroatoms. The van der Waals surface area contributed by atoms with Crippen LogP contribution in [0.5, 0.6) is 0 Å². The Labute approximate surface area is 164 Å². The van der Waals surface area contributed by atoms with E-state index in [9.17, 15) is 9.59 Å². The van der Waals surface area contributed by atoms with Crippen molar-refractivity contribution in [3.05, 3.63) is 47.3 Å². The van der Waals surface area contributed by atoms with Gasteiger partial charge in [-0.25, -0.2) is 14.8 Å². The van der Waals surface area contributed by atoms with E-state index in [2.05, 4.69) is 21.4 Å². The molecule has 0 unspecified atom stereocenters. The number of rotatable bonds is 4. The Hall–Kier alpha value is -3.16. The molecule has 0 spiro atoms. The minimum Gasteiger partial charge on any atom is -0.450 e. The maximum atomic E-state index is 12.4. The molecule has 0 bridgehead atoms. The summed E-state index contributed by atoms with van der Waals surface area (Å²) in [4.78, 5) is 36.5. The number of aryl methyl sites for hydroxylation is 2. The van der Waals surface area contributed by atoms with Crippen molar-refractivity contribution in [1.29, 1.82) is 0 Å². The quantitative estimate of drug-likeness (QED) is 0.873. The average Bonchev–Trinajstić information content (AvgIpc) is 2.67. The number of ether oxygens (including phenoxy) is 1. The van der Waals surface area contributed by atoms with Gasteiger partial charge >= 0.3 is 6.09 Å². The molecule has 8 nitrogen and oxygen atoms in total. The Morgan fingerprint density at radius 3 is 2.21 bits per heavy atom. The summed E-state index contributed by atoms with van der Waals surface area (Å²) in [7, 11) is 0. The lowest BCUT2D eigenvalue weighted by atomic mass is 10.1. The van der Waals surface area contributed by atoms with Crippen molar-refractivity contribution < 1.29 is 14.3 Å². The number of aromatic nitrogens is 2. The number of piperazine rings is 1. The molecule has 3 rings (SSSR count). The topological polar surface area (TPSA) is 87.7 Å². The molecule has 0 atom stereocenters. The van der Waals surface area contributed by atoms with Crippen LogP contribution in [-0.2, 0) is 4.74 Å². The minimum atomic E-state index is -0.290. The van der Waals surface area contributed by atoms with E-state index >= 15 is 0 Å². The van der Waals surface area contributed by atoms with Crippen LogP contribution in [0.15, 0.2) is 30.6 Å². The van der Waals surface area contributed by atoms with Gasteiger partial charge in [0.05, 0.1) is 12.2 Å². The van der Waals surface area contributed by atoms with E-state index in [0.717, 1.165) is 16.8 Å². The molecule has 1 aromatic carbocycles. The fourth-order valence-electron chi connectivity index (χ4n) is 3.16. The molecule has 0 aliphatic carbocycles. The standard InChI is InChI=1S/C20H25N5O3/c1-4-28-20(27)25-7-5-24(6-8-25)19-21-12-16(13-22-19)18(26)23-17-10-14(2)9-15(3)11-17/h9-13H,4-8H2,1-3H3,(H,23,26). The molecule has 2 aromatic rings. The van der Waals surface area contributed by atoms with Crippen LogP contribution in [0.3, 0.4) is 0 Å². The first-order chi connectivity index (χ1) is 13.5. The summed E-state index contributed by atoms with van der Waals surface area (Å²) in [5.74, 6) is 0.301. The predicted octanol–water partition coefficient (Wildman–Crippen LogP) is 2.62. The number of hydrogen-bond acceptors (Lipinski definition) is 6. The van der Waals surface area contributed by atoms with E-state index < -0.39 is 0 Å². The summed E-state index contributed by atoms with van der Waals surface area (Å²) >= 11 is 0. The number of carbonyl (C=O) groups excluding carboxylic acids is 2. The maximum absolute atomic E-state index is 12.4. The SMILES string of the molecule is CCOC(=O)N1CCN(c2ncc(C(=O)Nc3cc(C)cc(C)c3)cn2)CC1. The molecule has 1 aromatic heterocycles. The fourth-order valence-corrected chi connectivity index (χ4v) is 3.16. The van der Waals surface area contributed by atoms with Crippen LogP contribution in [0.25, 0.3) is 0 Å². The molecule has 2 amide bonds. The summed E-state index contributed by atoms with van der Waals surface area (Å²) < 4.78 is 5.02. The van der Waals surface area contributed by atoms with E-state index in [4.69, 9.17) is 4.74 Å². The highest BCUT2D eigenvalue weighted by Crippen LogP contribution is 2.16. The van der Waals surface area contributed by atoms with Crippen molar-refractivity contribution in [1.82, 2.24) is 14.9 Å². The van der Waals surface area contributed by atoms with Crippen LogP contribution < -0.4 is 10.2 Å². The third-order valence-corrected chi connectivity index (χ3v) is 4.47. The number of nitrogens with one attached hydrogen (secondary N) is 1. The number of anilines is 2. The molecular weight excluding hydrogens is 358 g/mol. The zero-order valence-corrected chi connectivity index (χ0v) is 16.4. The van der Waals surface area contributed by atoms with Gasteiger partial charge in [-0.1, -0.05) is 6.07 Å². The van der Waals surface area contributed by atoms with Crippen molar-refractivity contribution >= 4 is 23.6 Å². The second-order valence-electron chi connectivity index (χ2n) is 6.78. The molecule has 0 radical (unpaired) electrons. The lowest BCUT2D eigenvalue weighted by molar-refractivity contribution is 0.102. The summed E-state index contributed by atoms with van der Waals surface area (Å²) in [6, 6.07) is 5.89. The Bertz CT molecular complexity index is 825. The third kappa shape index (κ3) is 4.76. The number of carbonyl (C=O) groups is 2. The number of hydrogen-bond donors (Lipinski definition) is 1. The van der Waals surface area contributed by atoms with Crippen molar-refractivity contribution in [2.45, 2.75) is 20.8 Å². The van der Waals surface area contributed by atoms with Crippen LogP contribution >= 0.6 is 0 Å². The van der Waals surface area contributed by atoms with Crippen LogP contribution in [0.1, 0.15) is 28.4 Å². The number of amides is 2. The Morgan fingerprint density at radius 2 is 1.64 bits per heavy atom. The molecule has 1 saturated heterocycles. The maximum Gasteiger partial charge on any atom is 0.409 e. The lowest BCUT2D eigenvalue weighted by Gasteiger charge is -2.33. The second-order valence-corrected chi connectivity index (χ2v) is 6.78. The molecule has 28 heavy (non-hydrogen) atoms. The van der Waals surface area contributed by atoms with Crippen LogP contribution in [-0.4, -0.2) is 59.7 Å². The van der Waals surface area contributed by atoms with Gasteiger partial charge in [0.2, 0.25) is 5.95 Å². The van der Waals surface area contributed by atoms with E-state index in [1.807, 2.05) is 30.9 Å². The molecule has 0 saturated carbocycles. The Balaban J connectivity index is 1.59. The summed E-state index contributed by atoms with van der Waals surface area (Å²) in [6.07, 6.45) is 2.76. The zero-order chi connectivity index (χ0) is 20.1. The van der Waals surface area contributed by atoms with Crippen molar-refractivity contribution in [2.75, 3.05) is 43.0 Å². The first-order valence-corrected chi connectivity index (χ1v) is 9.34. The van der Waals surface area contributed by atoms with Gasteiger partial charge < -0.3 is 19.9 Å². The Kier molecular flexibility index (Phi) is 6.08. The van der Waals surface area contributed by atoms with Gasteiger partial charge in [0.25, 0.3) is 5.91 Å². The highest BCUT2D eigenvalue weighted by Gasteiger charge is 2.23. The number of nitrogens with zero attached hydrogens (tertiary/aromatic N) is 4. The average molecular weight is 383 g/mol. The molecule has 2 heterocycles. The molecule has 1 fully saturated rings.